The third-order valence-electron chi connectivity index (χ3n) is 4.00. The first-order valence-electron chi connectivity index (χ1n) is 7.27. The van der Waals surface area contributed by atoms with Crippen LogP contribution in [0.1, 0.15) is 21.8 Å². The second-order valence-corrected chi connectivity index (χ2v) is 6.72. The van der Waals surface area contributed by atoms with Gasteiger partial charge in [0.1, 0.15) is 5.65 Å². The van der Waals surface area contributed by atoms with Gasteiger partial charge < -0.3 is 9.32 Å². The molecule has 4 heterocycles. The SMILES string of the molecule is O=C(c1ccc(Br)o1)N1CCc2nc3ccc(Cl)cn3c(=O)c2C1. The van der Waals surface area contributed by atoms with Crippen LogP contribution in [0.2, 0.25) is 5.02 Å². The summed E-state index contributed by atoms with van der Waals surface area (Å²) in [7, 11) is 0. The zero-order chi connectivity index (χ0) is 16.8. The van der Waals surface area contributed by atoms with Crippen LogP contribution in [0.15, 0.2) is 44.3 Å². The normalized spacial score (nSPS) is 14.0. The molecule has 4 rings (SSSR count). The Balaban J connectivity index is 1.74. The summed E-state index contributed by atoms with van der Waals surface area (Å²) < 4.78 is 7.22. The molecule has 122 valence electrons. The molecule has 0 fully saturated rings. The molecule has 24 heavy (non-hydrogen) atoms. The molecule has 3 aromatic rings. The summed E-state index contributed by atoms with van der Waals surface area (Å²) >= 11 is 9.15. The van der Waals surface area contributed by atoms with Gasteiger partial charge in [-0.3, -0.25) is 14.0 Å². The van der Waals surface area contributed by atoms with Gasteiger partial charge in [0.05, 0.1) is 22.8 Å². The number of halogens is 2. The monoisotopic (exact) mass is 407 g/mol. The molecular formula is C16H11BrClN3O3. The molecule has 0 radical (unpaired) electrons. The summed E-state index contributed by atoms with van der Waals surface area (Å²) in [6, 6.07) is 6.68. The number of rotatable bonds is 1. The molecule has 0 atom stereocenters. The Labute approximate surface area is 149 Å². The van der Waals surface area contributed by atoms with Gasteiger partial charge in [-0.1, -0.05) is 11.6 Å². The molecule has 0 N–H and O–H groups in total. The molecule has 1 aliphatic rings. The second-order valence-electron chi connectivity index (χ2n) is 5.50. The summed E-state index contributed by atoms with van der Waals surface area (Å²) in [5.74, 6) is -0.0100. The molecular weight excluding hydrogens is 398 g/mol. The maximum absolute atomic E-state index is 12.7. The second kappa shape index (κ2) is 5.75. The largest absolute Gasteiger partial charge is 0.444 e. The minimum Gasteiger partial charge on any atom is -0.444 e. The summed E-state index contributed by atoms with van der Waals surface area (Å²) in [6.45, 7) is 0.689. The van der Waals surface area contributed by atoms with Crippen molar-refractivity contribution in [2.45, 2.75) is 13.0 Å². The highest BCUT2D eigenvalue weighted by molar-refractivity contribution is 9.10. The van der Waals surface area contributed by atoms with Gasteiger partial charge in [0.2, 0.25) is 0 Å². The average Bonchev–Trinajstić information content (AvgIpc) is 3.01. The van der Waals surface area contributed by atoms with Gasteiger partial charge in [-0.15, -0.1) is 0 Å². The van der Waals surface area contributed by atoms with Gasteiger partial charge in [0, 0.05) is 19.2 Å². The number of hydrogen-bond acceptors (Lipinski definition) is 4. The van der Waals surface area contributed by atoms with Crippen LogP contribution < -0.4 is 5.56 Å². The molecule has 1 amide bonds. The lowest BCUT2D eigenvalue weighted by Gasteiger charge is -2.27. The Kier molecular flexibility index (Phi) is 3.69. The molecule has 0 unspecified atom stereocenters. The fraction of sp³-hybridized carbons (Fsp3) is 0.188. The Bertz CT molecular complexity index is 1030. The molecule has 8 heteroatoms. The van der Waals surface area contributed by atoms with Crippen LogP contribution >= 0.6 is 27.5 Å². The van der Waals surface area contributed by atoms with Crippen LogP contribution in [0.3, 0.4) is 0 Å². The van der Waals surface area contributed by atoms with Gasteiger partial charge in [-0.2, -0.15) is 0 Å². The molecule has 0 bridgehead atoms. The Morgan fingerprint density at radius 1 is 1.29 bits per heavy atom. The van der Waals surface area contributed by atoms with Gasteiger partial charge in [-0.25, -0.2) is 4.98 Å². The minimum absolute atomic E-state index is 0.198. The zero-order valence-electron chi connectivity index (χ0n) is 12.3. The summed E-state index contributed by atoms with van der Waals surface area (Å²) in [5.41, 5.74) is 1.60. The van der Waals surface area contributed by atoms with Crippen molar-refractivity contribution >= 4 is 39.1 Å². The molecule has 0 aliphatic carbocycles. The average molecular weight is 409 g/mol. The van der Waals surface area contributed by atoms with E-state index in [9.17, 15) is 9.59 Å². The van der Waals surface area contributed by atoms with E-state index in [0.717, 1.165) is 5.69 Å². The predicted molar refractivity (Wildman–Crippen MR) is 91.3 cm³/mol. The Morgan fingerprint density at radius 3 is 2.88 bits per heavy atom. The van der Waals surface area contributed by atoms with E-state index < -0.39 is 0 Å². The van der Waals surface area contributed by atoms with Crippen molar-refractivity contribution in [3.05, 3.63) is 67.5 Å². The van der Waals surface area contributed by atoms with Crippen LogP contribution in [-0.2, 0) is 13.0 Å². The van der Waals surface area contributed by atoms with Crippen molar-refractivity contribution in [3.63, 3.8) is 0 Å². The van der Waals surface area contributed by atoms with E-state index in [-0.39, 0.29) is 23.8 Å². The molecule has 0 spiro atoms. The zero-order valence-corrected chi connectivity index (χ0v) is 14.7. The summed E-state index contributed by atoms with van der Waals surface area (Å²) in [5, 5.41) is 0.454. The van der Waals surface area contributed by atoms with E-state index >= 15 is 0 Å². The van der Waals surface area contributed by atoms with Crippen LogP contribution in [0.25, 0.3) is 5.65 Å². The molecule has 0 saturated heterocycles. The van der Waals surface area contributed by atoms with Crippen LogP contribution in [-0.4, -0.2) is 26.7 Å². The van der Waals surface area contributed by atoms with Crippen molar-refractivity contribution in [3.8, 4) is 0 Å². The number of furan rings is 1. The highest BCUT2D eigenvalue weighted by Gasteiger charge is 2.27. The first kappa shape index (κ1) is 15.4. The summed E-state index contributed by atoms with van der Waals surface area (Å²) in [6.07, 6.45) is 2.06. The number of fused-ring (bicyclic) bond motifs is 2. The molecule has 0 saturated carbocycles. The first-order valence-corrected chi connectivity index (χ1v) is 8.44. The van der Waals surface area contributed by atoms with Crippen molar-refractivity contribution in [2.75, 3.05) is 6.54 Å². The maximum atomic E-state index is 12.7. The number of nitrogens with zero attached hydrogens (tertiary/aromatic N) is 3. The third kappa shape index (κ3) is 2.53. The third-order valence-corrected chi connectivity index (χ3v) is 4.65. The lowest BCUT2D eigenvalue weighted by atomic mass is 10.1. The van der Waals surface area contributed by atoms with Gasteiger partial charge >= 0.3 is 0 Å². The number of carbonyl (C=O) groups excluding carboxylic acids is 1. The molecule has 6 nitrogen and oxygen atoms in total. The summed E-state index contributed by atoms with van der Waals surface area (Å²) in [4.78, 5) is 31.4. The molecule has 1 aliphatic heterocycles. The van der Waals surface area contributed by atoms with E-state index in [2.05, 4.69) is 20.9 Å². The topological polar surface area (TPSA) is 67.8 Å². The van der Waals surface area contributed by atoms with Crippen molar-refractivity contribution in [2.24, 2.45) is 0 Å². The highest BCUT2D eigenvalue weighted by atomic mass is 79.9. The van der Waals surface area contributed by atoms with E-state index in [1.54, 1.807) is 29.2 Å². The number of carbonyl (C=O) groups is 1. The van der Waals surface area contributed by atoms with E-state index in [4.69, 9.17) is 16.0 Å². The Morgan fingerprint density at radius 2 is 2.12 bits per heavy atom. The minimum atomic E-state index is -0.248. The number of amides is 1. The highest BCUT2D eigenvalue weighted by Crippen LogP contribution is 2.21. The van der Waals surface area contributed by atoms with E-state index in [1.165, 1.54) is 10.6 Å². The lowest BCUT2D eigenvalue weighted by molar-refractivity contribution is 0.0699. The Hall–Kier alpha value is -2.12. The van der Waals surface area contributed by atoms with Gasteiger partial charge in [-0.05, 0) is 40.2 Å². The number of hydrogen-bond donors (Lipinski definition) is 0. The fourth-order valence-electron chi connectivity index (χ4n) is 2.83. The van der Waals surface area contributed by atoms with Crippen LogP contribution in [0.4, 0.5) is 0 Å². The van der Waals surface area contributed by atoms with Crippen molar-refractivity contribution in [1.29, 1.82) is 0 Å². The van der Waals surface area contributed by atoms with Crippen molar-refractivity contribution < 1.29 is 9.21 Å². The smallest absolute Gasteiger partial charge is 0.289 e. The van der Waals surface area contributed by atoms with Crippen molar-refractivity contribution in [1.82, 2.24) is 14.3 Å². The molecule has 3 aromatic heterocycles. The number of aromatic nitrogens is 2. The van der Waals surface area contributed by atoms with Gasteiger partial charge in [0.25, 0.3) is 11.5 Å². The van der Waals surface area contributed by atoms with E-state index in [0.29, 0.717) is 33.9 Å². The quantitative estimate of drug-likeness (QED) is 0.621. The standard InChI is InChI=1S/C16H11BrClN3O3/c17-13-3-2-12(24-13)16(23)20-6-5-11-10(8-20)15(22)21-7-9(18)1-4-14(21)19-11/h1-4,7H,5-6,8H2. The van der Waals surface area contributed by atoms with Gasteiger partial charge in [0.15, 0.2) is 10.4 Å². The predicted octanol–water partition coefficient (Wildman–Crippen LogP) is 2.90. The van der Waals surface area contributed by atoms with E-state index in [1.807, 2.05) is 0 Å². The first-order chi connectivity index (χ1) is 11.5. The lowest BCUT2D eigenvalue weighted by Crippen LogP contribution is -2.40. The number of pyridine rings is 1. The van der Waals surface area contributed by atoms with Crippen LogP contribution in [0.5, 0.6) is 0 Å². The maximum Gasteiger partial charge on any atom is 0.289 e. The van der Waals surface area contributed by atoms with Crippen LogP contribution in [0, 0.1) is 0 Å². The molecule has 0 aromatic carbocycles. The fourth-order valence-corrected chi connectivity index (χ4v) is 3.30.